The van der Waals surface area contributed by atoms with Gasteiger partial charge in [0.2, 0.25) is 0 Å². The van der Waals surface area contributed by atoms with Gasteiger partial charge in [0.15, 0.2) is 0 Å². The zero-order valence-corrected chi connectivity index (χ0v) is 23.3. The number of fused-ring (bicyclic) bond motifs is 6. The molecule has 0 saturated heterocycles. The molecule has 1 heterocycles. The molecule has 0 saturated carbocycles. The van der Waals surface area contributed by atoms with E-state index in [-0.39, 0.29) is 5.41 Å². The number of rotatable bonds is 5. The zero-order chi connectivity index (χ0) is 26.7. The van der Waals surface area contributed by atoms with Crippen molar-refractivity contribution in [2.75, 3.05) is 11.4 Å². The summed E-state index contributed by atoms with van der Waals surface area (Å²) in [5, 5.41) is 2.39. The van der Waals surface area contributed by atoms with Gasteiger partial charge in [0.05, 0.1) is 0 Å². The Morgan fingerprint density at radius 1 is 1.03 bits per heavy atom. The summed E-state index contributed by atoms with van der Waals surface area (Å²) < 4.78 is 6.45. The summed E-state index contributed by atoms with van der Waals surface area (Å²) >= 11 is 0. The van der Waals surface area contributed by atoms with Crippen LogP contribution in [0.5, 0.6) is 0 Å². The quantitative estimate of drug-likeness (QED) is 0.266. The number of benzene rings is 3. The maximum Gasteiger partial charge on any atom is 0.143 e. The van der Waals surface area contributed by atoms with Gasteiger partial charge >= 0.3 is 0 Å². The molecule has 3 aliphatic rings. The van der Waals surface area contributed by atoms with Crippen molar-refractivity contribution in [2.45, 2.75) is 46.0 Å². The molecule has 194 valence electrons. The largest absolute Gasteiger partial charge is 0.455 e. The van der Waals surface area contributed by atoms with Gasteiger partial charge in [0.25, 0.3) is 0 Å². The Morgan fingerprint density at radius 2 is 1.90 bits per heavy atom. The molecule has 2 nitrogen and oxygen atoms in total. The lowest BCUT2D eigenvalue weighted by Crippen LogP contribution is -2.24. The second-order valence-electron chi connectivity index (χ2n) is 11.8. The number of hydrogen-bond acceptors (Lipinski definition) is 2. The van der Waals surface area contributed by atoms with Crippen molar-refractivity contribution in [1.29, 1.82) is 0 Å². The summed E-state index contributed by atoms with van der Waals surface area (Å²) in [6.45, 7) is 10.1. The molecule has 0 fully saturated rings. The van der Waals surface area contributed by atoms with Crippen LogP contribution in [0.4, 0.5) is 5.69 Å². The van der Waals surface area contributed by atoms with Crippen LogP contribution in [-0.4, -0.2) is 6.54 Å². The number of allylic oxidation sites excluding steroid dienone is 7. The van der Waals surface area contributed by atoms with Crippen molar-refractivity contribution in [3.05, 3.63) is 125 Å². The molecule has 1 unspecified atom stereocenters. The molecule has 0 amide bonds. The molecule has 2 heteroatoms. The predicted molar refractivity (Wildman–Crippen MR) is 166 cm³/mol. The van der Waals surface area contributed by atoms with Crippen LogP contribution in [-0.2, 0) is 11.8 Å². The van der Waals surface area contributed by atoms with Gasteiger partial charge < -0.3 is 9.32 Å². The molecule has 7 rings (SSSR count). The lowest BCUT2D eigenvalue weighted by atomic mass is 9.81. The van der Waals surface area contributed by atoms with Crippen molar-refractivity contribution in [3.63, 3.8) is 0 Å². The highest BCUT2D eigenvalue weighted by Crippen LogP contribution is 2.50. The average Bonchev–Trinajstić information content (AvgIpc) is 3.64. The molecule has 3 aromatic carbocycles. The summed E-state index contributed by atoms with van der Waals surface area (Å²) in [5.41, 5.74) is 12.7. The number of hydrogen-bond donors (Lipinski definition) is 0. The molecular weight excluding hydrogens is 474 g/mol. The van der Waals surface area contributed by atoms with Crippen molar-refractivity contribution in [1.82, 2.24) is 0 Å². The monoisotopic (exact) mass is 509 g/mol. The first kappa shape index (κ1) is 24.0. The molecule has 0 bridgehead atoms. The number of nitrogens with zero attached hydrogens (tertiary/aromatic N) is 1. The first-order valence-corrected chi connectivity index (χ1v) is 14.2. The number of anilines is 1. The van der Waals surface area contributed by atoms with E-state index in [1.165, 1.54) is 55.6 Å². The third kappa shape index (κ3) is 3.77. The van der Waals surface area contributed by atoms with Gasteiger partial charge in [-0.1, -0.05) is 99.7 Å². The molecule has 4 aromatic rings. The van der Waals surface area contributed by atoms with E-state index < -0.39 is 0 Å². The van der Waals surface area contributed by atoms with E-state index in [9.17, 15) is 0 Å². The van der Waals surface area contributed by atoms with Gasteiger partial charge in [0.1, 0.15) is 11.2 Å². The zero-order valence-electron chi connectivity index (χ0n) is 23.3. The first-order valence-electron chi connectivity index (χ1n) is 14.2. The third-order valence-corrected chi connectivity index (χ3v) is 8.95. The third-order valence-electron chi connectivity index (χ3n) is 8.95. The topological polar surface area (TPSA) is 16.4 Å². The molecule has 0 spiro atoms. The average molecular weight is 510 g/mol. The smallest absolute Gasteiger partial charge is 0.143 e. The second-order valence-corrected chi connectivity index (χ2v) is 11.8. The van der Waals surface area contributed by atoms with Crippen LogP contribution >= 0.6 is 0 Å². The molecule has 0 radical (unpaired) electrons. The minimum atomic E-state index is -0.0891. The maximum absolute atomic E-state index is 6.45. The summed E-state index contributed by atoms with van der Waals surface area (Å²) in [4.78, 5) is 2.52. The Kier molecular flexibility index (Phi) is 5.56. The van der Waals surface area contributed by atoms with Gasteiger partial charge in [0, 0.05) is 46.1 Å². The van der Waals surface area contributed by atoms with Crippen LogP contribution < -0.4 is 4.90 Å². The minimum absolute atomic E-state index is 0.0891. The highest BCUT2D eigenvalue weighted by molar-refractivity contribution is 6.09. The van der Waals surface area contributed by atoms with Crippen molar-refractivity contribution in [2.24, 2.45) is 5.92 Å². The summed E-state index contributed by atoms with van der Waals surface area (Å²) in [6, 6.07) is 19.7. The predicted octanol–water partition coefficient (Wildman–Crippen LogP) is 9.76. The fraction of sp³-hybridized carbons (Fsp3) is 0.243. The molecule has 1 aromatic heterocycles. The van der Waals surface area contributed by atoms with E-state index >= 15 is 0 Å². The van der Waals surface area contributed by atoms with Crippen LogP contribution in [0.25, 0.3) is 33.6 Å². The number of furan rings is 1. The number of para-hydroxylation sites is 1. The Balaban J connectivity index is 1.27. The van der Waals surface area contributed by atoms with Gasteiger partial charge in [-0.3, -0.25) is 0 Å². The SMILES string of the molecule is CC1=C(/C=C\CN(C2=CC=CC2)c2cccc3c2CC(C)C=C3)C(C)(C)c2ccc3c(oc4ccccc43)c21. The highest BCUT2D eigenvalue weighted by atomic mass is 16.3. The Morgan fingerprint density at radius 3 is 2.74 bits per heavy atom. The lowest BCUT2D eigenvalue weighted by Gasteiger charge is -2.30. The molecule has 39 heavy (non-hydrogen) atoms. The minimum Gasteiger partial charge on any atom is -0.455 e. The van der Waals surface area contributed by atoms with Gasteiger partial charge in [-0.05, 0) is 65.3 Å². The van der Waals surface area contributed by atoms with E-state index in [4.69, 9.17) is 4.42 Å². The van der Waals surface area contributed by atoms with Crippen LogP contribution in [0, 0.1) is 5.92 Å². The Bertz CT molecular complexity index is 1790. The van der Waals surface area contributed by atoms with E-state index in [1.807, 2.05) is 6.07 Å². The van der Waals surface area contributed by atoms with E-state index in [1.54, 1.807) is 0 Å². The molecule has 3 aliphatic carbocycles. The van der Waals surface area contributed by atoms with E-state index in [0.29, 0.717) is 5.92 Å². The fourth-order valence-electron chi connectivity index (χ4n) is 6.93. The summed E-state index contributed by atoms with van der Waals surface area (Å²) in [6.07, 6.45) is 18.1. The van der Waals surface area contributed by atoms with Crippen LogP contribution in [0.1, 0.15) is 56.4 Å². The van der Waals surface area contributed by atoms with E-state index in [0.717, 1.165) is 30.6 Å². The van der Waals surface area contributed by atoms with Crippen molar-refractivity contribution >= 4 is 39.3 Å². The standard InChI is InChI=1S/C37H35NO/c1-24-18-19-26-11-9-16-33(30(26)23-24)38(27-12-5-6-13-27)22-10-15-31-25(2)35-32(37(31,3)4)21-20-29-28-14-7-8-17-34(28)39-36(29)35/h5-12,14-21,24H,13,22-23H2,1-4H3/b15-10-. The van der Waals surface area contributed by atoms with Crippen LogP contribution in [0.2, 0.25) is 0 Å². The highest BCUT2D eigenvalue weighted by Gasteiger charge is 2.37. The lowest BCUT2D eigenvalue weighted by molar-refractivity contribution is 0.645. The maximum atomic E-state index is 6.45. The normalized spacial score (nSPS) is 19.4. The second kappa shape index (κ2) is 9.02. The molecule has 0 N–H and O–H groups in total. The van der Waals surface area contributed by atoms with Gasteiger partial charge in [-0.15, -0.1) is 0 Å². The van der Waals surface area contributed by atoms with Gasteiger partial charge in [-0.25, -0.2) is 0 Å². The van der Waals surface area contributed by atoms with Crippen molar-refractivity contribution in [3.8, 4) is 0 Å². The summed E-state index contributed by atoms with van der Waals surface area (Å²) in [7, 11) is 0. The Hall–Kier alpha value is -4.04. The fourth-order valence-corrected chi connectivity index (χ4v) is 6.93. The van der Waals surface area contributed by atoms with Crippen molar-refractivity contribution < 1.29 is 4.42 Å². The molecule has 0 aliphatic heterocycles. The molecular formula is C37H35NO. The summed E-state index contributed by atoms with van der Waals surface area (Å²) in [5.74, 6) is 0.562. The van der Waals surface area contributed by atoms with Gasteiger partial charge in [-0.2, -0.15) is 0 Å². The van der Waals surface area contributed by atoms with Crippen LogP contribution in [0.15, 0.2) is 107 Å². The first-order chi connectivity index (χ1) is 18.9. The Labute approximate surface area is 231 Å². The molecule has 1 atom stereocenters. The van der Waals surface area contributed by atoms with E-state index in [2.05, 4.69) is 124 Å². The van der Waals surface area contributed by atoms with Crippen LogP contribution in [0.3, 0.4) is 0 Å².